The summed E-state index contributed by atoms with van der Waals surface area (Å²) in [6, 6.07) is 9.06. The Morgan fingerprint density at radius 3 is 2.76 bits per heavy atom. The molecule has 0 spiro atoms. The molecule has 0 saturated carbocycles. The molecule has 0 bridgehead atoms. The summed E-state index contributed by atoms with van der Waals surface area (Å²) in [5, 5.41) is 3.48. The molecule has 0 radical (unpaired) electrons. The van der Waals surface area contributed by atoms with E-state index in [1.54, 1.807) is 18.3 Å². The van der Waals surface area contributed by atoms with Crippen molar-refractivity contribution in [2.24, 2.45) is 0 Å². The summed E-state index contributed by atoms with van der Waals surface area (Å²) in [4.78, 5) is 4.01. The Kier molecular flexibility index (Phi) is 5.28. The van der Waals surface area contributed by atoms with Gasteiger partial charge in [0, 0.05) is 12.2 Å². The molecule has 0 fully saturated rings. The third kappa shape index (κ3) is 4.53. The number of hydrogen-bond donors (Lipinski definition) is 2. The summed E-state index contributed by atoms with van der Waals surface area (Å²) in [6.45, 7) is 4.92. The number of nitrogens with one attached hydrogen (secondary N) is 1. The van der Waals surface area contributed by atoms with E-state index in [2.05, 4.69) is 17.2 Å². The van der Waals surface area contributed by atoms with E-state index in [1.165, 1.54) is 0 Å². The van der Waals surface area contributed by atoms with Crippen molar-refractivity contribution in [3.05, 3.63) is 59.0 Å². The van der Waals surface area contributed by atoms with Crippen LogP contribution in [0.25, 0.3) is 0 Å². The summed E-state index contributed by atoms with van der Waals surface area (Å²) >= 11 is 0. The number of benzene rings is 1. The molecule has 0 aliphatic carbocycles. The minimum Gasteiger partial charge on any atom is -0.384 e. The molecule has 0 aliphatic rings. The maximum Gasteiger partial charge on any atom is 0.123 e. The van der Waals surface area contributed by atoms with E-state index in [0.717, 1.165) is 36.1 Å². The van der Waals surface area contributed by atoms with Gasteiger partial charge in [0.05, 0.1) is 0 Å². The Hall–Kier alpha value is -1.94. The van der Waals surface area contributed by atoms with E-state index >= 15 is 0 Å². The Balaban J connectivity index is 2.25. The van der Waals surface area contributed by atoms with E-state index in [1.807, 2.05) is 25.1 Å². The normalized spacial score (nSPS) is 12.3. The monoisotopic (exact) mass is 287 g/mol. The van der Waals surface area contributed by atoms with Crippen LogP contribution in [0.5, 0.6) is 0 Å². The number of nitrogen functional groups attached to an aromatic ring is 1. The van der Waals surface area contributed by atoms with Crippen molar-refractivity contribution < 1.29 is 4.39 Å². The number of nitrogens with two attached hydrogens (primary N) is 1. The lowest BCUT2D eigenvalue weighted by Gasteiger charge is -2.20. The maximum absolute atomic E-state index is 13.7. The van der Waals surface area contributed by atoms with Gasteiger partial charge in [0.2, 0.25) is 0 Å². The van der Waals surface area contributed by atoms with E-state index in [4.69, 9.17) is 5.73 Å². The molecule has 2 aromatic rings. The number of aryl methyl sites for hydroxylation is 1. The molecule has 112 valence electrons. The first-order valence-corrected chi connectivity index (χ1v) is 7.29. The average Bonchev–Trinajstić information content (AvgIpc) is 2.42. The molecule has 21 heavy (non-hydrogen) atoms. The molecule has 1 aromatic carbocycles. The fourth-order valence-electron chi connectivity index (χ4n) is 2.45. The second-order valence-corrected chi connectivity index (χ2v) is 5.36. The van der Waals surface area contributed by atoms with Gasteiger partial charge in [-0.25, -0.2) is 9.37 Å². The largest absolute Gasteiger partial charge is 0.384 e. The predicted octanol–water partition coefficient (Wildman–Crippen LogP) is 3.39. The third-order valence-electron chi connectivity index (χ3n) is 3.39. The van der Waals surface area contributed by atoms with Crippen LogP contribution >= 0.6 is 0 Å². The van der Waals surface area contributed by atoms with E-state index in [-0.39, 0.29) is 11.9 Å². The molecule has 0 saturated heterocycles. The molecular weight excluding hydrogens is 265 g/mol. The molecule has 3 nitrogen and oxygen atoms in total. The summed E-state index contributed by atoms with van der Waals surface area (Å²) < 4.78 is 13.7. The highest BCUT2D eigenvalue weighted by molar-refractivity contribution is 5.34. The zero-order chi connectivity index (χ0) is 15.2. The molecule has 4 heteroatoms. The van der Waals surface area contributed by atoms with Crippen molar-refractivity contribution in [1.82, 2.24) is 10.3 Å². The lowest BCUT2D eigenvalue weighted by atomic mass is 9.97. The Labute approximate surface area is 125 Å². The lowest BCUT2D eigenvalue weighted by Crippen LogP contribution is -2.24. The van der Waals surface area contributed by atoms with Crippen LogP contribution in [-0.4, -0.2) is 11.5 Å². The van der Waals surface area contributed by atoms with Gasteiger partial charge >= 0.3 is 0 Å². The zero-order valence-corrected chi connectivity index (χ0v) is 12.6. The maximum atomic E-state index is 13.7. The van der Waals surface area contributed by atoms with Crippen LogP contribution in [0.2, 0.25) is 0 Å². The Morgan fingerprint density at radius 2 is 2.10 bits per heavy atom. The van der Waals surface area contributed by atoms with Crippen LogP contribution in [0.4, 0.5) is 10.2 Å². The average molecular weight is 287 g/mol. The van der Waals surface area contributed by atoms with Gasteiger partial charge in [-0.15, -0.1) is 0 Å². The minimum absolute atomic E-state index is 0.0705. The fraction of sp³-hybridized carbons (Fsp3) is 0.353. The number of aromatic nitrogens is 1. The van der Waals surface area contributed by atoms with Gasteiger partial charge in [-0.2, -0.15) is 0 Å². The first kappa shape index (κ1) is 15.4. The highest BCUT2D eigenvalue weighted by Crippen LogP contribution is 2.21. The van der Waals surface area contributed by atoms with Crippen LogP contribution in [0.3, 0.4) is 0 Å². The minimum atomic E-state index is -0.192. The quantitative estimate of drug-likeness (QED) is 0.856. The summed E-state index contributed by atoms with van der Waals surface area (Å²) in [6.07, 6.45) is 3.50. The summed E-state index contributed by atoms with van der Waals surface area (Å²) in [7, 11) is 0. The van der Waals surface area contributed by atoms with Crippen LogP contribution in [-0.2, 0) is 6.42 Å². The van der Waals surface area contributed by atoms with Crippen molar-refractivity contribution in [1.29, 1.82) is 0 Å². The Bertz CT molecular complexity index is 578. The van der Waals surface area contributed by atoms with Gasteiger partial charge in [-0.1, -0.05) is 13.0 Å². The SMILES string of the molecule is CCCNC(Cc1ccnc(N)c1)c1cc(C)cc(F)c1. The lowest BCUT2D eigenvalue weighted by molar-refractivity contribution is 0.523. The molecule has 0 aliphatic heterocycles. The van der Waals surface area contributed by atoms with Crippen molar-refractivity contribution in [2.45, 2.75) is 32.7 Å². The van der Waals surface area contributed by atoms with Gasteiger partial charge in [-0.05, 0) is 67.3 Å². The number of anilines is 1. The number of nitrogens with zero attached hydrogens (tertiary/aromatic N) is 1. The number of halogens is 1. The first-order chi connectivity index (χ1) is 10.1. The van der Waals surface area contributed by atoms with Gasteiger partial charge in [0.1, 0.15) is 11.6 Å². The van der Waals surface area contributed by atoms with Crippen LogP contribution in [0.1, 0.15) is 36.1 Å². The molecule has 0 amide bonds. The predicted molar refractivity (Wildman–Crippen MR) is 84.5 cm³/mol. The molecule has 1 aromatic heterocycles. The number of hydrogen-bond acceptors (Lipinski definition) is 3. The highest BCUT2D eigenvalue weighted by atomic mass is 19.1. The second kappa shape index (κ2) is 7.18. The van der Waals surface area contributed by atoms with Crippen molar-refractivity contribution in [2.75, 3.05) is 12.3 Å². The number of rotatable bonds is 6. The van der Waals surface area contributed by atoms with Crippen molar-refractivity contribution in [3.63, 3.8) is 0 Å². The third-order valence-corrected chi connectivity index (χ3v) is 3.39. The smallest absolute Gasteiger partial charge is 0.123 e. The second-order valence-electron chi connectivity index (χ2n) is 5.36. The first-order valence-electron chi connectivity index (χ1n) is 7.29. The van der Waals surface area contributed by atoms with Crippen molar-refractivity contribution in [3.8, 4) is 0 Å². The van der Waals surface area contributed by atoms with E-state index in [9.17, 15) is 4.39 Å². The van der Waals surface area contributed by atoms with Gasteiger partial charge in [0.25, 0.3) is 0 Å². The topological polar surface area (TPSA) is 50.9 Å². The van der Waals surface area contributed by atoms with Crippen LogP contribution in [0.15, 0.2) is 36.5 Å². The summed E-state index contributed by atoms with van der Waals surface area (Å²) in [5.41, 5.74) is 8.73. The molecule has 1 heterocycles. The van der Waals surface area contributed by atoms with Gasteiger partial charge < -0.3 is 11.1 Å². The zero-order valence-electron chi connectivity index (χ0n) is 12.6. The van der Waals surface area contributed by atoms with Gasteiger partial charge in [-0.3, -0.25) is 0 Å². The fourth-order valence-corrected chi connectivity index (χ4v) is 2.45. The number of pyridine rings is 1. The standard InChI is InChI=1S/C17H22FN3/c1-3-5-20-16(9-13-4-6-21-17(19)10-13)14-7-12(2)8-15(18)11-14/h4,6-8,10-11,16,20H,3,5,9H2,1-2H3,(H2,19,21). The van der Waals surface area contributed by atoms with Crippen LogP contribution < -0.4 is 11.1 Å². The van der Waals surface area contributed by atoms with E-state index < -0.39 is 0 Å². The molecule has 1 unspecified atom stereocenters. The van der Waals surface area contributed by atoms with Gasteiger partial charge in [0.15, 0.2) is 0 Å². The van der Waals surface area contributed by atoms with E-state index in [0.29, 0.717) is 5.82 Å². The molecule has 1 atom stereocenters. The molecule has 2 rings (SSSR count). The van der Waals surface area contributed by atoms with Crippen LogP contribution in [0, 0.1) is 12.7 Å². The summed E-state index contributed by atoms with van der Waals surface area (Å²) in [5.74, 6) is 0.319. The molecule has 3 N–H and O–H groups in total. The Morgan fingerprint density at radius 1 is 1.29 bits per heavy atom. The highest BCUT2D eigenvalue weighted by Gasteiger charge is 2.13. The van der Waals surface area contributed by atoms with Crippen molar-refractivity contribution >= 4 is 5.82 Å². The molecular formula is C17H22FN3.